The first kappa shape index (κ1) is 15.2. The molecule has 0 aromatic heterocycles. The van der Waals surface area contributed by atoms with Crippen molar-refractivity contribution >= 4 is 0 Å². The van der Waals surface area contributed by atoms with Crippen LogP contribution in [-0.2, 0) is 6.42 Å². The van der Waals surface area contributed by atoms with E-state index in [1.807, 2.05) is 7.05 Å². The minimum Gasteiger partial charge on any atom is -0.396 e. The van der Waals surface area contributed by atoms with E-state index in [9.17, 15) is 5.11 Å². The molecule has 0 saturated carbocycles. The predicted molar refractivity (Wildman–Crippen MR) is 74.8 cm³/mol. The van der Waals surface area contributed by atoms with Gasteiger partial charge >= 0.3 is 0 Å². The van der Waals surface area contributed by atoms with E-state index in [2.05, 4.69) is 36.9 Å². The Balaban J connectivity index is 2.50. The monoisotopic (exact) mass is 251 g/mol. The van der Waals surface area contributed by atoms with Crippen molar-refractivity contribution < 1.29 is 10.2 Å². The quantitative estimate of drug-likeness (QED) is 0.772. The molecule has 0 aliphatic carbocycles. The van der Waals surface area contributed by atoms with Crippen molar-refractivity contribution in [2.45, 2.75) is 32.7 Å². The highest BCUT2D eigenvalue weighted by Crippen LogP contribution is 2.11. The zero-order valence-corrected chi connectivity index (χ0v) is 11.7. The number of aliphatic hydroxyl groups excluding tert-OH is 2. The SMILES string of the molecule is Cc1ccc(CCN(C)C(CO)CCO)cc1C. The number of benzene rings is 1. The van der Waals surface area contributed by atoms with Gasteiger partial charge in [0.1, 0.15) is 0 Å². The van der Waals surface area contributed by atoms with Crippen molar-refractivity contribution in [3.63, 3.8) is 0 Å². The smallest absolute Gasteiger partial charge is 0.0587 e. The number of hydrogen-bond donors (Lipinski definition) is 2. The van der Waals surface area contributed by atoms with Crippen LogP contribution >= 0.6 is 0 Å². The number of aliphatic hydroxyl groups is 2. The molecule has 1 atom stereocenters. The van der Waals surface area contributed by atoms with Crippen LogP contribution in [0.5, 0.6) is 0 Å². The lowest BCUT2D eigenvalue weighted by Crippen LogP contribution is -2.36. The number of aryl methyl sites for hydroxylation is 2. The molecule has 0 fully saturated rings. The average molecular weight is 251 g/mol. The molecule has 3 heteroatoms. The van der Waals surface area contributed by atoms with Crippen LogP contribution in [0.1, 0.15) is 23.1 Å². The van der Waals surface area contributed by atoms with Crippen molar-refractivity contribution in [1.29, 1.82) is 0 Å². The first-order valence-electron chi connectivity index (χ1n) is 6.56. The Bertz CT molecular complexity index is 366. The van der Waals surface area contributed by atoms with E-state index in [0.717, 1.165) is 13.0 Å². The van der Waals surface area contributed by atoms with Crippen LogP contribution in [0.15, 0.2) is 18.2 Å². The Morgan fingerprint density at radius 1 is 1.17 bits per heavy atom. The van der Waals surface area contributed by atoms with Crippen LogP contribution in [-0.4, -0.2) is 48.0 Å². The lowest BCUT2D eigenvalue weighted by Gasteiger charge is -2.25. The summed E-state index contributed by atoms with van der Waals surface area (Å²) in [6.45, 7) is 5.37. The van der Waals surface area contributed by atoms with Crippen LogP contribution in [0, 0.1) is 13.8 Å². The van der Waals surface area contributed by atoms with E-state index in [0.29, 0.717) is 6.42 Å². The molecule has 0 saturated heterocycles. The van der Waals surface area contributed by atoms with Crippen LogP contribution in [0.25, 0.3) is 0 Å². The molecule has 0 bridgehead atoms. The summed E-state index contributed by atoms with van der Waals surface area (Å²) in [5, 5.41) is 18.2. The fourth-order valence-electron chi connectivity index (χ4n) is 2.05. The van der Waals surface area contributed by atoms with E-state index in [1.165, 1.54) is 16.7 Å². The molecule has 1 unspecified atom stereocenters. The molecule has 1 aromatic rings. The van der Waals surface area contributed by atoms with Crippen molar-refractivity contribution in [2.24, 2.45) is 0 Å². The highest BCUT2D eigenvalue weighted by molar-refractivity contribution is 5.30. The van der Waals surface area contributed by atoms with Crippen LogP contribution in [0.3, 0.4) is 0 Å². The second-order valence-electron chi connectivity index (χ2n) is 5.00. The van der Waals surface area contributed by atoms with E-state index < -0.39 is 0 Å². The van der Waals surface area contributed by atoms with Gasteiger partial charge < -0.3 is 15.1 Å². The third-order valence-electron chi connectivity index (χ3n) is 3.62. The summed E-state index contributed by atoms with van der Waals surface area (Å²) in [7, 11) is 2.00. The van der Waals surface area contributed by atoms with Crippen LogP contribution in [0.2, 0.25) is 0 Å². The van der Waals surface area contributed by atoms with Crippen LogP contribution < -0.4 is 0 Å². The number of nitrogens with zero attached hydrogens (tertiary/aromatic N) is 1. The first-order chi connectivity index (χ1) is 8.58. The van der Waals surface area contributed by atoms with Gasteiger partial charge in [0, 0.05) is 19.2 Å². The Morgan fingerprint density at radius 2 is 1.89 bits per heavy atom. The van der Waals surface area contributed by atoms with Gasteiger partial charge in [0.05, 0.1) is 6.61 Å². The fraction of sp³-hybridized carbons (Fsp3) is 0.600. The normalized spacial score (nSPS) is 13.0. The van der Waals surface area contributed by atoms with Crippen molar-refractivity contribution in [1.82, 2.24) is 4.90 Å². The maximum atomic E-state index is 9.25. The molecule has 0 aliphatic heterocycles. The van der Waals surface area contributed by atoms with E-state index >= 15 is 0 Å². The summed E-state index contributed by atoms with van der Waals surface area (Å²) in [5.74, 6) is 0. The molecule has 102 valence electrons. The summed E-state index contributed by atoms with van der Waals surface area (Å²) >= 11 is 0. The Hall–Kier alpha value is -0.900. The lowest BCUT2D eigenvalue weighted by molar-refractivity contribution is 0.120. The Kier molecular flexibility index (Phi) is 6.33. The zero-order valence-electron chi connectivity index (χ0n) is 11.7. The lowest BCUT2D eigenvalue weighted by atomic mass is 10.0. The maximum Gasteiger partial charge on any atom is 0.0587 e. The second kappa shape index (κ2) is 7.52. The highest BCUT2D eigenvalue weighted by atomic mass is 16.3. The highest BCUT2D eigenvalue weighted by Gasteiger charge is 2.12. The fourth-order valence-corrected chi connectivity index (χ4v) is 2.05. The van der Waals surface area contributed by atoms with Gasteiger partial charge in [-0.25, -0.2) is 0 Å². The largest absolute Gasteiger partial charge is 0.396 e. The molecule has 0 spiro atoms. The Labute approximate surface area is 110 Å². The molecule has 1 aromatic carbocycles. The Morgan fingerprint density at radius 3 is 2.44 bits per heavy atom. The summed E-state index contributed by atoms with van der Waals surface area (Å²) in [6.07, 6.45) is 1.60. The van der Waals surface area contributed by atoms with Crippen molar-refractivity contribution in [3.8, 4) is 0 Å². The summed E-state index contributed by atoms with van der Waals surface area (Å²) in [5.41, 5.74) is 3.97. The molecule has 0 heterocycles. The molecule has 0 radical (unpaired) electrons. The molecule has 1 rings (SSSR count). The van der Waals surface area contributed by atoms with Gasteiger partial charge in [0.15, 0.2) is 0 Å². The number of likely N-dealkylation sites (N-methyl/N-ethyl adjacent to an activating group) is 1. The van der Waals surface area contributed by atoms with Gasteiger partial charge in [-0.3, -0.25) is 0 Å². The summed E-state index contributed by atoms with van der Waals surface area (Å²) in [4.78, 5) is 2.12. The van der Waals surface area contributed by atoms with Crippen molar-refractivity contribution in [3.05, 3.63) is 34.9 Å². The second-order valence-corrected chi connectivity index (χ2v) is 5.00. The molecular formula is C15H25NO2. The molecule has 18 heavy (non-hydrogen) atoms. The van der Waals surface area contributed by atoms with Gasteiger partial charge in [-0.2, -0.15) is 0 Å². The van der Waals surface area contributed by atoms with E-state index in [4.69, 9.17) is 5.11 Å². The van der Waals surface area contributed by atoms with E-state index in [-0.39, 0.29) is 19.3 Å². The van der Waals surface area contributed by atoms with Crippen LogP contribution in [0.4, 0.5) is 0 Å². The summed E-state index contributed by atoms with van der Waals surface area (Å²) in [6, 6.07) is 6.60. The number of rotatable bonds is 7. The summed E-state index contributed by atoms with van der Waals surface area (Å²) < 4.78 is 0. The molecule has 0 amide bonds. The third-order valence-corrected chi connectivity index (χ3v) is 3.62. The molecular weight excluding hydrogens is 226 g/mol. The van der Waals surface area contributed by atoms with Gasteiger partial charge in [-0.05, 0) is 50.4 Å². The minimum absolute atomic E-state index is 0.0570. The van der Waals surface area contributed by atoms with E-state index in [1.54, 1.807) is 0 Å². The van der Waals surface area contributed by atoms with Gasteiger partial charge in [-0.15, -0.1) is 0 Å². The molecule has 0 aliphatic rings. The first-order valence-corrected chi connectivity index (χ1v) is 6.56. The molecule has 2 N–H and O–H groups in total. The van der Waals surface area contributed by atoms with Gasteiger partial charge in [0.2, 0.25) is 0 Å². The maximum absolute atomic E-state index is 9.25. The predicted octanol–water partition coefficient (Wildman–Crippen LogP) is 1.52. The minimum atomic E-state index is 0.0570. The average Bonchev–Trinajstić information content (AvgIpc) is 2.37. The van der Waals surface area contributed by atoms with Gasteiger partial charge in [-0.1, -0.05) is 18.2 Å². The third kappa shape index (κ3) is 4.41. The number of hydrogen-bond acceptors (Lipinski definition) is 3. The molecule has 3 nitrogen and oxygen atoms in total. The van der Waals surface area contributed by atoms with Crippen molar-refractivity contribution in [2.75, 3.05) is 26.8 Å². The van der Waals surface area contributed by atoms with Gasteiger partial charge in [0.25, 0.3) is 0 Å². The zero-order chi connectivity index (χ0) is 13.5. The standard InChI is InChI=1S/C15H25NO2/c1-12-4-5-14(10-13(12)2)6-8-16(3)15(11-18)7-9-17/h4-5,10,15,17-18H,6-9,11H2,1-3H3. The topological polar surface area (TPSA) is 43.7 Å².